The summed E-state index contributed by atoms with van der Waals surface area (Å²) >= 11 is 0. The van der Waals surface area contributed by atoms with Gasteiger partial charge < -0.3 is 0 Å². The van der Waals surface area contributed by atoms with E-state index in [4.69, 9.17) is 0 Å². The second kappa shape index (κ2) is 5.14. The molecule has 1 nitrogen and oxygen atoms in total. The van der Waals surface area contributed by atoms with E-state index >= 15 is 0 Å². The zero-order valence-electron chi connectivity index (χ0n) is 10.8. The highest BCUT2D eigenvalue weighted by Gasteiger charge is 2.24. The third-order valence-corrected chi connectivity index (χ3v) is 3.66. The molecule has 0 aromatic heterocycles. The van der Waals surface area contributed by atoms with Gasteiger partial charge in [0.2, 0.25) is 0 Å². The molecule has 0 aromatic carbocycles. The zero-order valence-corrected chi connectivity index (χ0v) is 10.8. The number of ketones is 1. The van der Waals surface area contributed by atoms with Crippen molar-refractivity contribution in [3.8, 4) is 0 Å². The van der Waals surface area contributed by atoms with Gasteiger partial charge in [0.15, 0.2) is 0 Å². The molecule has 0 heterocycles. The van der Waals surface area contributed by atoms with Crippen molar-refractivity contribution in [1.82, 2.24) is 0 Å². The normalized spacial score (nSPS) is 27.7. The molecule has 15 heavy (non-hydrogen) atoms. The third kappa shape index (κ3) is 4.36. The summed E-state index contributed by atoms with van der Waals surface area (Å²) in [6, 6.07) is 0. The van der Waals surface area contributed by atoms with Crippen LogP contribution >= 0.6 is 0 Å². The predicted molar refractivity (Wildman–Crippen MR) is 64.8 cm³/mol. The van der Waals surface area contributed by atoms with Crippen molar-refractivity contribution in [3.63, 3.8) is 0 Å². The fraction of sp³-hybridized carbons (Fsp3) is 0.929. The fourth-order valence-corrected chi connectivity index (χ4v) is 2.53. The van der Waals surface area contributed by atoms with Crippen LogP contribution in [-0.2, 0) is 4.79 Å². The number of Topliss-reactive ketones (excluding diaryl/α,β-unsaturated/α-hetero) is 1. The molecule has 0 radical (unpaired) electrons. The number of carbonyl (C=O) groups excluding carboxylic acids is 1. The number of hydrogen-bond acceptors (Lipinski definition) is 1. The van der Waals surface area contributed by atoms with Crippen LogP contribution in [0.4, 0.5) is 0 Å². The summed E-state index contributed by atoms with van der Waals surface area (Å²) in [6.07, 6.45) is 7.37. The number of rotatable bonds is 3. The quantitative estimate of drug-likeness (QED) is 0.682. The lowest BCUT2D eigenvalue weighted by atomic mass is 9.78. The first-order valence-electron chi connectivity index (χ1n) is 6.43. The maximum absolute atomic E-state index is 11.8. The van der Waals surface area contributed by atoms with Crippen LogP contribution in [0, 0.1) is 17.3 Å². The lowest BCUT2D eigenvalue weighted by Crippen LogP contribution is -2.22. The van der Waals surface area contributed by atoms with Gasteiger partial charge in [-0.1, -0.05) is 47.0 Å². The Morgan fingerprint density at radius 1 is 1.27 bits per heavy atom. The SMILES string of the molecule is CC1CCCC(CCC(=O)C(C)(C)C)C1. The average Bonchev–Trinajstić information content (AvgIpc) is 2.12. The lowest BCUT2D eigenvalue weighted by Gasteiger charge is -2.27. The van der Waals surface area contributed by atoms with Gasteiger partial charge >= 0.3 is 0 Å². The van der Waals surface area contributed by atoms with Gasteiger partial charge in [0.25, 0.3) is 0 Å². The molecule has 1 heteroatoms. The largest absolute Gasteiger partial charge is 0.299 e. The van der Waals surface area contributed by atoms with Gasteiger partial charge in [-0.05, 0) is 24.7 Å². The first-order chi connectivity index (χ1) is 6.89. The van der Waals surface area contributed by atoms with Crippen molar-refractivity contribution >= 4 is 5.78 Å². The van der Waals surface area contributed by atoms with E-state index in [1.807, 2.05) is 20.8 Å². The van der Waals surface area contributed by atoms with E-state index < -0.39 is 0 Å². The molecule has 2 atom stereocenters. The summed E-state index contributed by atoms with van der Waals surface area (Å²) in [6.45, 7) is 8.42. The number of carbonyl (C=O) groups is 1. The molecule has 0 saturated heterocycles. The molecule has 0 amide bonds. The maximum atomic E-state index is 11.8. The van der Waals surface area contributed by atoms with Gasteiger partial charge in [0, 0.05) is 11.8 Å². The van der Waals surface area contributed by atoms with Gasteiger partial charge in [-0.25, -0.2) is 0 Å². The van der Waals surface area contributed by atoms with Crippen molar-refractivity contribution in [2.75, 3.05) is 0 Å². The molecule has 0 bridgehead atoms. The summed E-state index contributed by atoms with van der Waals surface area (Å²) in [5.74, 6) is 2.13. The van der Waals surface area contributed by atoms with Gasteiger partial charge in [-0.2, -0.15) is 0 Å². The predicted octanol–water partition coefficient (Wildman–Crippen LogP) is 4.21. The van der Waals surface area contributed by atoms with Crippen LogP contribution in [0.2, 0.25) is 0 Å². The first kappa shape index (κ1) is 12.7. The van der Waals surface area contributed by atoms with Crippen molar-refractivity contribution < 1.29 is 4.79 Å². The highest BCUT2D eigenvalue weighted by atomic mass is 16.1. The van der Waals surface area contributed by atoms with E-state index in [1.165, 1.54) is 25.7 Å². The van der Waals surface area contributed by atoms with Crippen LogP contribution in [0.3, 0.4) is 0 Å². The average molecular weight is 210 g/mol. The van der Waals surface area contributed by atoms with Gasteiger partial charge in [0.1, 0.15) is 5.78 Å². The summed E-state index contributed by atoms with van der Waals surface area (Å²) in [4.78, 5) is 11.8. The van der Waals surface area contributed by atoms with Crippen LogP contribution in [0.5, 0.6) is 0 Å². The maximum Gasteiger partial charge on any atom is 0.138 e. The van der Waals surface area contributed by atoms with Crippen LogP contribution < -0.4 is 0 Å². The Morgan fingerprint density at radius 2 is 1.93 bits per heavy atom. The Bertz CT molecular complexity index is 212. The molecule has 1 aliphatic carbocycles. The standard InChI is InChI=1S/C14H26O/c1-11-6-5-7-12(10-11)8-9-13(15)14(2,3)4/h11-12H,5-10H2,1-4H3. The minimum absolute atomic E-state index is 0.139. The molecule has 0 spiro atoms. The Labute approximate surface area is 94.6 Å². The van der Waals surface area contributed by atoms with E-state index in [-0.39, 0.29) is 5.41 Å². The summed E-state index contributed by atoms with van der Waals surface area (Å²) < 4.78 is 0. The monoisotopic (exact) mass is 210 g/mol. The molecule has 1 aliphatic rings. The molecule has 0 aromatic rings. The first-order valence-corrected chi connectivity index (χ1v) is 6.43. The summed E-state index contributed by atoms with van der Waals surface area (Å²) in [5.41, 5.74) is -0.139. The Hall–Kier alpha value is -0.330. The zero-order chi connectivity index (χ0) is 11.5. The Morgan fingerprint density at radius 3 is 2.47 bits per heavy atom. The minimum atomic E-state index is -0.139. The van der Waals surface area contributed by atoms with Gasteiger partial charge in [-0.3, -0.25) is 4.79 Å². The summed E-state index contributed by atoms with van der Waals surface area (Å²) in [5, 5.41) is 0. The molecule has 0 aliphatic heterocycles. The Balaban J connectivity index is 2.28. The van der Waals surface area contributed by atoms with E-state index in [1.54, 1.807) is 0 Å². The van der Waals surface area contributed by atoms with Gasteiger partial charge in [0.05, 0.1) is 0 Å². The van der Waals surface area contributed by atoms with Crippen molar-refractivity contribution in [2.24, 2.45) is 17.3 Å². The summed E-state index contributed by atoms with van der Waals surface area (Å²) in [7, 11) is 0. The second-order valence-electron chi connectivity index (χ2n) is 6.35. The van der Waals surface area contributed by atoms with E-state index in [0.717, 1.165) is 24.7 Å². The second-order valence-corrected chi connectivity index (χ2v) is 6.35. The third-order valence-electron chi connectivity index (χ3n) is 3.66. The van der Waals surface area contributed by atoms with Gasteiger partial charge in [-0.15, -0.1) is 0 Å². The van der Waals surface area contributed by atoms with E-state index in [9.17, 15) is 4.79 Å². The van der Waals surface area contributed by atoms with Crippen LogP contribution in [0.25, 0.3) is 0 Å². The van der Waals surface area contributed by atoms with Crippen LogP contribution in [-0.4, -0.2) is 5.78 Å². The van der Waals surface area contributed by atoms with Crippen molar-refractivity contribution in [1.29, 1.82) is 0 Å². The molecule has 1 fully saturated rings. The highest BCUT2D eigenvalue weighted by molar-refractivity contribution is 5.83. The molecular weight excluding hydrogens is 184 g/mol. The van der Waals surface area contributed by atoms with E-state index in [2.05, 4.69) is 6.92 Å². The smallest absolute Gasteiger partial charge is 0.138 e. The van der Waals surface area contributed by atoms with E-state index in [0.29, 0.717) is 5.78 Å². The molecular formula is C14H26O. The van der Waals surface area contributed by atoms with Crippen LogP contribution in [0.15, 0.2) is 0 Å². The molecule has 1 saturated carbocycles. The molecule has 88 valence electrons. The number of hydrogen-bond donors (Lipinski definition) is 0. The van der Waals surface area contributed by atoms with Crippen molar-refractivity contribution in [3.05, 3.63) is 0 Å². The lowest BCUT2D eigenvalue weighted by molar-refractivity contribution is -0.126. The van der Waals surface area contributed by atoms with Crippen LogP contribution in [0.1, 0.15) is 66.2 Å². The van der Waals surface area contributed by atoms with Crippen molar-refractivity contribution in [2.45, 2.75) is 66.2 Å². The highest BCUT2D eigenvalue weighted by Crippen LogP contribution is 2.32. The topological polar surface area (TPSA) is 17.1 Å². The fourth-order valence-electron chi connectivity index (χ4n) is 2.53. The minimum Gasteiger partial charge on any atom is -0.299 e. The Kier molecular flexibility index (Phi) is 4.36. The molecule has 1 rings (SSSR count). The molecule has 2 unspecified atom stereocenters. The molecule has 0 N–H and O–H groups in total.